The van der Waals surface area contributed by atoms with Crippen molar-refractivity contribution in [2.24, 2.45) is 5.92 Å². The second-order valence-electron chi connectivity index (χ2n) is 7.66. The summed E-state index contributed by atoms with van der Waals surface area (Å²) in [6.07, 6.45) is 13.8. The maximum Gasteiger partial charge on any atom is 0.0895 e. The van der Waals surface area contributed by atoms with E-state index in [1.165, 1.54) is 43.4 Å². The molecule has 142 valence electrons. The summed E-state index contributed by atoms with van der Waals surface area (Å²) in [6, 6.07) is 2.76. The van der Waals surface area contributed by atoms with E-state index in [-0.39, 0.29) is 6.10 Å². The molecule has 2 fully saturated rings. The summed E-state index contributed by atoms with van der Waals surface area (Å²) < 4.78 is 10.4. The molecule has 26 heavy (non-hydrogen) atoms. The Kier molecular flexibility index (Phi) is 5.70. The van der Waals surface area contributed by atoms with E-state index in [1.54, 1.807) is 0 Å². The minimum Gasteiger partial charge on any atom is -0.373 e. The van der Waals surface area contributed by atoms with Crippen LogP contribution in [-0.2, 0) is 17.8 Å². The summed E-state index contributed by atoms with van der Waals surface area (Å²) in [5, 5.41) is 12.7. The fraction of sp³-hybridized carbons (Fsp3) is 0.700. The zero-order valence-corrected chi connectivity index (χ0v) is 15.8. The van der Waals surface area contributed by atoms with Crippen molar-refractivity contribution in [1.29, 1.82) is 0 Å². The Morgan fingerprint density at radius 3 is 2.88 bits per heavy atom. The number of ether oxygens (including phenoxy) is 1. The summed E-state index contributed by atoms with van der Waals surface area (Å²) in [5.74, 6) is 0.501. The molecule has 6 heteroatoms. The fourth-order valence-electron chi connectivity index (χ4n) is 4.47. The molecule has 0 unspecified atom stereocenters. The van der Waals surface area contributed by atoms with Gasteiger partial charge in [0.1, 0.15) is 0 Å². The molecule has 0 spiro atoms. The van der Waals surface area contributed by atoms with Crippen LogP contribution in [0, 0.1) is 5.92 Å². The molecule has 0 aromatic carbocycles. The van der Waals surface area contributed by atoms with Crippen LogP contribution >= 0.6 is 0 Å². The van der Waals surface area contributed by atoms with E-state index in [0.29, 0.717) is 12.0 Å². The molecule has 1 aliphatic carbocycles. The van der Waals surface area contributed by atoms with Crippen molar-refractivity contribution in [1.82, 2.24) is 24.9 Å². The minimum atomic E-state index is 0.163. The number of nitrogens with zero attached hydrogens (tertiary/aromatic N) is 4. The lowest BCUT2D eigenvalue weighted by Crippen LogP contribution is -2.32. The van der Waals surface area contributed by atoms with E-state index >= 15 is 0 Å². The molecule has 1 saturated carbocycles. The molecule has 1 aliphatic heterocycles. The first-order chi connectivity index (χ1) is 12.8. The van der Waals surface area contributed by atoms with Crippen LogP contribution in [0.3, 0.4) is 0 Å². The number of rotatable bonds is 7. The van der Waals surface area contributed by atoms with E-state index < -0.39 is 0 Å². The van der Waals surface area contributed by atoms with Gasteiger partial charge in [0.15, 0.2) is 0 Å². The van der Waals surface area contributed by atoms with Crippen molar-refractivity contribution in [2.45, 2.75) is 70.7 Å². The SMILES string of the molecule is CCn1cc([C@@H]2OCCC[C@H]2CNCc2ccnn2C2CCCC2)cn1. The first-order valence-electron chi connectivity index (χ1n) is 10.2. The maximum absolute atomic E-state index is 6.12. The number of hydrogen-bond donors (Lipinski definition) is 1. The average Bonchev–Trinajstić information content (AvgIpc) is 3.42. The molecule has 0 bridgehead atoms. The molecule has 1 N–H and O–H groups in total. The molecule has 3 heterocycles. The van der Waals surface area contributed by atoms with Crippen molar-refractivity contribution in [2.75, 3.05) is 13.2 Å². The lowest BCUT2D eigenvalue weighted by molar-refractivity contribution is -0.0279. The van der Waals surface area contributed by atoms with Gasteiger partial charge < -0.3 is 10.1 Å². The van der Waals surface area contributed by atoms with Crippen LogP contribution in [0.15, 0.2) is 24.7 Å². The number of hydrogen-bond acceptors (Lipinski definition) is 4. The second-order valence-corrected chi connectivity index (χ2v) is 7.66. The lowest BCUT2D eigenvalue weighted by atomic mass is 9.91. The van der Waals surface area contributed by atoms with Crippen LogP contribution in [0.2, 0.25) is 0 Å². The summed E-state index contributed by atoms with van der Waals surface area (Å²) >= 11 is 0. The molecule has 2 aromatic rings. The topological polar surface area (TPSA) is 56.9 Å². The van der Waals surface area contributed by atoms with Gasteiger partial charge in [0, 0.05) is 50.1 Å². The van der Waals surface area contributed by atoms with Crippen molar-refractivity contribution in [3.63, 3.8) is 0 Å². The number of nitrogens with one attached hydrogen (secondary N) is 1. The number of aromatic nitrogens is 4. The van der Waals surface area contributed by atoms with Crippen LogP contribution in [0.5, 0.6) is 0 Å². The standard InChI is InChI=1S/C20H31N5O/c1-2-24-15-17(13-23-24)20-16(6-5-11-26-20)12-21-14-19-9-10-22-25(19)18-7-3-4-8-18/h9-10,13,15-16,18,20-21H,2-8,11-12,14H2,1H3/t16-,20+/m0/s1. The highest BCUT2D eigenvalue weighted by molar-refractivity contribution is 5.11. The third-order valence-corrected chi connectivity index (χ3v) is 5.89. The third kappa shape index (κ3) is 3.86. The Hall–Kier alpha value is -1.66. The van der Waals surface area contributed by atoms with Gasteiger partial charge in [-0.05, 0) is 38.7 Å². The van der Waals surface area contributed by atoms with Gasteiger partial charge >= 0.3 is 0 Å². The molecular formula is C20H31N5O. The Morgan fingerprint density at radius 2 is 2.08 bits per heavy atom. The van der Waals surface area contributed by atoms with E-state index in [9.17, 15) is 0 Å². The number of aryl methyl sites for hydroxylation is 1. The van der Waals surface area contributed by atoms with Crippen LogP contribution in [0.1, 0.15) is 68.9 Å². The lowest BCUT2D eigenvalue weighted by Gasteiger charge is -2.31. The maximum atomic E-state index is 6.12. The smallest absolute Gasteiger partial charge is 0.0895 e. The zero-order chi connectivity index (χ0) is 17.8. The molecule has 0 radical (unpaired) electrons. The first kappa shape index (κ1) is 17.7. The molecular weight excluding hydrogens is 326 g/mol. The van der Waals surface area contributed by atoms with Crippen LogP contribution < -0.4 is 5.32 Å². The third-order valence-electron chi connectivity index (χ3n) is 5.89. The highest BCUT2D eigenvalue weighted by Crippen LogP contribution is 2.33. The van der Waals surface area contributed by atoms with Gasteiger partial charge in [-0.3, -0.25) is 9.36 Å². The fourth-order valence-corrected chi connectivity index (χ4v) is 4.47. The van der Waals surface area contributed by atoms with Crippen molar-refractivity contribution < 1.29 is 4.74 Å². The van der Waals surface area contributed by atoms with Crippen molar-refractivity contribution in [3.8, 4) is 0 Å². The molecule has 2 aliphatic rings. The summed E-state index contributed by atoms with van der Waals surface area (Å²) in [7, 11) is 0. The second kappa shape index (κ2) is 8.35. The van der Waals surface area contributed by atoms with Crippen molar-refractivity contribution in [3.05, 3.63) is 35.9 Å². The molecule has 6 nitrogen and oxygen atoms in total. The zero-order valence-electron chi connectivity index (χ0n) is 15.8. The Bertz CT molecular complexity index is 688. The Morgan fingerprint density at radius 1 is 1.19 bits per heavy atom. The van der Waals surface area contributed by atoms with Gasteiger partial charge in [-0.1, -0.05) is 12.8 Å². The minimum absolute atomic E-state index is 0.163. The Balaban J connectivity index is 1.35. The molecule has 1 saturated heterocycles. The van der Waals surface area contributed by atoms with Gasteiger partial charge in [-0.25, -0.2) is 0 Å². The van der Waals surface area contributed by atoms with E-state index in [1.807, 2.05) is 17.1 Å². The van der Waals surface area contributed by atoms with E-state index in [4.69, 9.17) is 4.74 Å². The van der Waals surface area contributed by atoms with Gasteiger partial charge in [-0.2, -0.15) is 10.2 Å². The normalized spacial score (nSPS) is 24.3. The van der Waals surface area contributed by atoms with Gasteiger partial charge in [-0.15, -0.1) is 0 Å². The molecule has 4 rings (SSSR count). The highest BCUT2D eigenvalue weighted by Gasteiger charge is 2.28. The highest BCUT2D eigenvalue weighted by atomic mass is 16.5. The van der Waals surface area contributed by atoms with Crippen LogP contribution in [-0.4, -0.2) is 32.7 Å². The quantitative estimate of drug-likeness (QED) is 0.824. The largest absolute Gasteiger partial charge is 0.373 e. The van der Waals surface area contributed by atoms with E-state index in [0.717, 1.165) is 32.7 Å². The first-order valence-corrected chi connectivity index (χ1v) is 10.2. The van der Waals surface area contributed by atoms with Crippen LogP contribution in [0.25, 0.3) is 0 Å². The van der Waals surface area contributed by atoms with Gasteiger partial charge in [0.2, 0.25) is 0 Å². The Labute approximate surface area is 155 Å². The van der Waals surface area contributed by atoms with Gasteiger partial charge in [0.25, 0.3) is 0 Å². The molecule has 2 atom stereocenters. The molecule has 2 aromatic heterocycles. The predicted molar refractivity (Wildman–Crippen MR) is 101 cm³/mol. The van der Waals surface area contributed by atoms with E-state index in [2.05, 4.69) is 39.4 Å². The summed E-state index contributed by atoms with van der Waals surface area (Å²) in [6.45, 7) is 5.73. The van der Waals surface area contributed by atoms with Crippen LogP contribution in [0.4, 0.5) is 0 Å². The molecule has 0 amide bonds. The summed E-state index contributed by atoms with van der Waals surface area (Å²) in [4.78, 5) is 0. The monoisotopic (exact) mass is 357 g/mol. The summed E-state index contributed by atoms with van der Waals surface area (Å²) in [5.41, 5.74) is 2.53. The predicted octanol–water partition coefficient (Wildman–Crippen LogP) is 3.47. The van der Waals surface area contributed by atoms with Gasteiger partial charge in [0.05, 0.1) is 24.0 Å². The van der Waals surface area contributed by atoms with Crippen molar-refractivity contribution >= 4 is 0 Å². The average molecular weight is 358 g/mol.